The van der Waals surface area contributed by atoms with Gasteiger partial charge in [0.25, 0.3) is 5.56 Å². The maximum absolute atomic E-state index is 11.7. The van der Waals surface area contributed by atoms with Crippen molar-refractivity contribution in [3.63, 3.8) is 0 Å². The van der Waals surface area contributed by atoms with Crippen molar-refractivity contribution in [3.8, 4) is 6.07 Å². The molecule has 0 saturated heterocycles. The van der Waals surface area contributed by atoms with E-state index in [0.29, 0.717) is 0 Å². The zero-order valence-electron chi connectivity index (χ0n) is 9.35. The van der Waals surface area contributed by atoms with Crippen molar-refractivity contribution in [2.45, 2.75) is 37.8 Å². The largest absolute Gasteiger partial charge is 0.328 e. The standard InChI is InChI=1S/C11H14N4O2/c12-5-7-6-15(11(17)14-10(7)16)9-4-2-1-3-8(9)13/h6,8-9H,1-4,13H2,(H,14,16,17)/t8-,9+/m0/s1. The molecule has 0 amide bonds. The van der Waals surface area contributed by atoms with Gasteiger partial charge in [-0.15, -0.1) is 0 Å². The van der Waals surface area contributed by atoms with Crippen molar-refractivity contribution in [1.29, 1.82) is 5.26 Å². The quantitative estimate of drug-likeness (QED) is 0.705. The molecule has 2 rings (SSSR count). The van der Waals surface area contributed by atoms with Crippen LogP contribution in [0.15, 0.2) is 15.8 Å². The zero-order chi connectivity index (χ0) is 12.4. The first kappa shape index (κ1) is 11.6. The van der Waals surface area contributed by atoms with E-state index in [-0.39, 0.29) is 17.6 Å². The first-order valence-electron chi connectivity index (χ1n) is 5.64. The summed E-state index contributed by atoms with van der Waals surface area (Å²) in [5.41, 5.74) is 4.79. The Kier molecular flexibility index (Phi) is 3.11. The summed E-state index contributed by atoms with van der Waals surface area (Å²) in [5, 5.41) is 8.78. The Hall–Kier alpha value is -1.87. The second kappa shape index (κ2) is 4.55. The van der Waals surface area contributed by atoms with Gasteiger partial charge < -0.3 is 5.73 Å². The van der Waals surface area contributed by atoms with Crippen molar-refractivity contribution in [2.24, 2.45) is 5.73 Å². The van der Waals surface area contributed by atoms with E-state index in [1.54, 1.807) is 6.07 Å². The minimum atomic E-state index is -0.641. The molecule has 90 valence electrons. The van der Waals surface area contributed by atoms with E-state index in [1.165, 1.54) is 10.8 Å². The van der Waals surface area contributed by atoms with Crippen LogP contribution in [0.3, 0.4) is 0 Å². The number of nitriles is 1. The van der Waals surface area contributed by atoms with E-state index in [4.69, 9.17) is 11.0 Å². The number of aromatic amines is 1. The van der Waals surface area contributed by atoms with Crippen LogP contribution in [0.1, 0.15) is 37.3 Å². The molecule has 0 aliphatic heterocycles. The van der Waals surface area contributed by atoms with E-state index in [0.717, 1.165) is 25.7 Å². The van der Waals surface area contributed by atoms with Crippen molar-refractivity contribution in [2.75, 3.05) is 0 Å². The molecule has 1 fully saturated rings. The van der Waals surface area contributed by atoms with Gasteiger partial charge in [-0.05, 0) is 12.8 Å². The highest BCUT2D eigenvalue weighted by atomic mass is 16.2. The molecule has 2 atom stereocenters. The third-order valence-electron chi connectivity index (χ3n) is 3.23. The Morgan fingerprint density at radius 1 is 1.41 bits per heavy atom. The molecule has 1 aliphatic carbocycles. The van der Waals surface area contributed by atoms with Crippen molar-refractivity contribution in [1.82, 2.24) is 9.55 Å². The number of nitrogens with one attached hydrogen (secondary N) is 1. The summed E-state index contributed by atoms with van der Waals surface area (Å²) in [6.07, 6.45) is 5.04. The van der Waals surface area contributed by atoms with Crippen LogP contribution in [-0.4, -0.2) is 15.6 Å². The minimum absolute atomic E-state index is 0.0534. The molecule has 1 aromatic heterocycles. The highest BCUT2D eigenvalue weighted by Gasteiger charge is 2.24. The van der Waals surface area contributed by atoms with Crippen molar-refractivity contribution < 1.29 is 0 Å². The second-order valence-corrected chi connectivity index (χ2v) is 4.34. The molecule has 0 spiro atoms. The van der Waals surface area contributed by atoms with Crippen LogP contribution < -0.4 is 17.0 Å². The fourth-order valence-electron chi connectivity index (χ4n) is 2.30. The number of hydrogen-bond donors (Lipinski definition) is 2. The smallest absolute Gasteiger partial charge is 0.326 e. The molecule has 3 N–H and O–H groups in total. The molecule has 0 aromatic carbocycles. The van der Waals surface area contributed by atoms with Gasteiger partial charge in [0, 0.05) is 12.2 Å². The Labute approximate surface area is 97.7 Å². The van der Waals surface area contributed by atoms with Gasteiger partial charge in [-0.2, -0.15) is 5.26 Å². The molecule has 0 radical (unpaired) electrons. The zero-order valence-corrected chi connectivity index (χ0v) is 9.35. The predicted molar refractivity (Wildman–Crippen MR) is 61.5 cm³/mol. The van der Waals surface area contributed by atoms with E-state index < -0.39 is 11.2 Å². The molecule has 6 heteroatoms. The van der Waals surface area contributed by atoms with E-state index in [9.17, 15) is 9.59 Å². The van der Waals surface area contributed by atoms with E-state index in [1.807, 2.05) is 0 Å². The highest BCUT2D eigenvalue weighted by Crippen LogP contribution is 2.25. The van der Waals surface area contributed by atoms with Crippen LogP contribution in [0, 0.1) is 11.3 Å². The first-order chi connectivity index (χ1) is 8.13. The molecule has 6 nitrogen and oxygen atoms in total. The molecular weight excluding hydrogens is 220 g/mol. The third-order valence-corrected chi connectivity index (χ3v) is 3.23. The molecule has 1 aliphatic rings. The summed E-state index contributed by atoms with van der Waals surface area (Å²) in [5.74, 6) is 0. The molecule has 1 heterocycles. The second-order valence-electron chi connectivity index (χ2n) is 4.34. The van der Waals surface area contributed by atoms with Gasteiger partial charge in [0.2, 0.25) is 0 Å². The fourth-order valence-corrected chi connectivity index (χ4v) is 2.30. The Bertz CT molecular complexity index is 566. The SMILES string of the molecule is N#Cc1cn([C@@H]2CCCC[C@@H]2N)c(=O)[nH]c1=O. The lowest BCUT2D eigenvalue weighted by molar-refractivity contribution is 0.297. The lowest BCUT2D eigenvalue weighted by Crippen LogP contribution is -2.42. The van der Waals surface area contributed by atoms with Crippen LogP contribution in [0.4, 0.5) is 0 Å². The van der Waals surface area contributed by atoms with Crippen molar-refractivity contribution >= 4 is 0 Å². The predicted octanol–water partition coefficient (Wildman–Crippen LogP) is -0.149. The molecule has 0 unspecified atom stereocenters. The van der Waals surface area contributed by atoms with Crippen LogP contribution in [0.25, 0.3) is 0 Å². The average molecular weight is 234 g/mol. The summed E-state index contributed by atoms with van der Waals surface area (Å²) in [6, 6.07) is 1.55. The lowest BCUT2D eigenvalue weighted by atomic mass is 9.91. The normalized spacial score (nSPS) is 24.2. The van der Waals surface area contributed by atoms with Gasteiger partial charge in [0.15, 0.2) is 0 Å². The first-order valence-corrected chi connectivity index (χ1v) is 5.64. The minimum Gasteiger partial charge on any atom is -0.326 e. The third kappa shape index (κ3) is 2.15. The molecular formula is C11H14N4O2. The summed E-state index contributed by atoms with van der Waals surface area (Å²) in [6.45, 7) is 0. The molecule has 1 aromatic rings. The van der Waals surface area contributed by atoms with Gasteiger partial charge in [-0.25, -0.2) is 4.79 Å². The van der Waals surface area contributed by atoms with Crippen LogP contribution >= 0.6 is 0 Å². The van der Waals surface area contributed by atoms with Crippen LogP contribution in [0.5, 0.6) is 0 Å². The maximum atomic E-state index is 11.7. The fraction of sp³-hybridized carbons (Fsp3) is 0.545. The molecule has 1 saturated carbocycles. The van der Waals surface area contributed by atoms with Gasteiger partial charge in [0.05, 0.1) is 6.04 Å². The highest BCUT2D eigenvalue weighted by molar-refractivity contribution is 5.22. The van der Waals surface area contributed by atoms with Crippen LogP contribution in [-0.2, 0) is 0 Å². The maximum Gasteiger partial charge on any atom is 0.328 e. The average Bonchev–Trinajstić information content (AvgIpc) is 2.31. The Morgan fingerprint density at radius 2 is 2.12 bits per heavy atom. The Morgan fingerprint density at radius 3 is 2.76 bits per heavy atom. The summed E-state index contributed by atoms with van der Waals surface area (Å²) >= 11 is 0. The number of aromatic nitrogens is 2. The van der Waals surface area contributed by atoms with Gasteiger partial charge in [0.1, 0.15) is 11.6 Å². The lowest BCUT2D eigenvalue weighted by Gasteiger charge is -2.29. The number of nitrogens with zero attached hydrogens (tertiary/aromatic N) is 2. The monoisotopic (exact) mass is 234 g/mol. The van der Waals surface area contributed by atoms with Crippen molar-refractivity contribution in [3.05, 3.63) is 32.6 Å². The Balaban J connectivity index is 2.48. The summed E-state index contributed by atoms with van der Waals surface area (Å²) in [4.78, 5) is 25.1. The van der Waals surface area contributed by atoms with E-state index in [2.05, 4.69) is 4.98 Å². The topological polar surface area (TPSA) is 105 Å². The number of H-pyrrole nitrogens is 1. The van der Waals surface area contributed by atoms with Crippen LogP contribution in [0.2, 0.25) is 0 Å². The molecule has 0 bridgehead atoms. The van der Waals surface area contributed by atoms with Gasteiger partial charge >= 0.3 is 5.69 Å². The number of hydrogen-bond acceptors (Lipinski definition) is 4. The van der Waals surface area contributed by atoms with Gasteiger partial charge in [-0.1, -0.05) is 12.8 Å². The summed E-state index contributed by atoms with van der Waals surface area (Å²) < 4.78 is 1.39. The number of nitrogens with two attached hydrogens (primary N) is 1. The van der Waals surface area contributed by atoms with E-state index >= 15 is 0 Å². The number of rotatable bonds is 1. The van der Waals surface area contributed by atoms with Gasteiger partial charge in [-0.3, -0.25) is 14.3 Å². The summed E-state index contributed by atoms with van der Waals surface area (Å²) in [7, 11) is 0. The molecule has 17 heavy (non-hydrogen) atoms.